The zero-order chi connectivity index (χ0) is 13.9. The van der Waals surface area contributed by atoms with Crippen molar-refractivity contribution in [2.45, 2.75) is 38.3 Å². The highest BCUT2D eigenvalue weighted by atomic mass is 32.1. The first kappa shape index (κ1) is 13.5. The van der Waals surface area contributed by atoms with Crippen molar-refractivity contribution in [2.75, 3.05) is 0 Å². The number of aromatic nitrogens is 1. The van der Waals surface area contributed by atoms with Crippen molar-refractivity contribution < 1.29 is 9.90 Å². The number of nitrogens with one attached hydrogen (secondary N) is 1. The molecule has 0 amide bonds. The van der Waals surface area contributed by atoms with Crippen LogP contribution >= 0.6 is 11.3 Å². The molecule has 0 spiro atoms. The third-order valence-corrected chi connectivity index (χ3v) is 4.94. The van der Waals surface area contributed by atoms with Gasteiger partial charge in [0.2, 0.25) is 0 Å². The molecule has 1 aromatic carbocycles. The molecule has 1 aromatic heterocycles. The molecule has 106 valence electrons. The maximum atomic E-state index is 11.1. The van der Waals surface area contributed by atoms with Crippen LogP contribution in [0.5, 0.6) is 0 Å². The second-order valence-electron chi connectivity index (χ2n) is 5.35. The van der Waals surface area contributed by atoms with E-state index < -0.39 is 5.97 Å². The molecule has 2 N–H and O–H groups in total. The Kier molecular flexibility index (Phi) is 3.98. The van der Waals surface area contributed by atoms with Crippen molar-refractivity contribution in [3.05, 3.63) is 29.3 Å². The Hall–Kier alpha value is -1.46. The molecular weight excluding hydrogens is 272 g/mol. The smallest absolute Gasteiger partial charge is 0.306 e. The number of rotatable bonds is 4. The Balaban J connectivity index is 1.60. The van der Waals surface area contributed by atoms with Gasteiger partial charge < -0.3 is 10.4 Å². The van der Waals surface area contributed by atoms with Crippen LogP contribution in [-0.4, -0.2) is 22.1 Å². The van der Waals surface area contributed by atoms with Gasteiger partial charge in [0.1, 0.15) is 5.01 Å². The van der Waals surface area contributed by atoms with Gasteiger partial charge in [-0.1, -0.05) is 18.6 Å². The predicted molar refractivity (Wildman–Crippen MR) is 79.8 cm³/mol. The first-order chi connectivity index (χ1) is 9.72. The van der Waals surface area contributed by atoms with Gasteiger partial charge in [0.05, 0.1) is 16.1 Å². The van der Waals surface area contributed by atoms with Crippen LogP contribution in [0, 0.1) is 5.92 Å². The highest BCUT2D eigenvalue weighted by molar-refractivity contribution is 7.18. The van der Waals surface area contributed by atoms with Crippen LogP contribution < -0.4 is 5.32 Å². The van der Waals surface area contributed by atoms with E-state index in [1.807, 2.05) is 18.2 Å². The normalized spacial score (nSPS) is 23.0. The number of thiazole rings is 1. The molecule has 3 rings (SSSR count). The summed E-state index contributed by atoms with van der Waals surface area (Å²) in [5, 5.41) is 13.6. The Morgan fingerprint density at radius 1 is 1.40 bits per heavy atom. The number of hydrogen-bond acceptors (Lipinski definition) is 4. The number of para-hydroxylation sites is 1. The summed E-state index contributed by atoms with van der Waals surface area (Å²) in [5.41, 5.74) is 1.04. The van der Waals surface area contributed by atoms with Crippen LogP contribution in [0.4, 0.5) is 0 Å². The summed E-state index contributed by atoms with van der Waals surface area (Å²) in [7, 11) is 0. The topological polar surface area (TPSA) is 62.2 Å². The van der Waals surface area contributed by atoms with Gasteiger partial charge in [-0.05, 0) is 31.4 Å². The van der Waals surface area contributed by atoms with Gasteiger partial charge >= 0.3 is 5.97 Å². The lowest BCUT2D eigenvalue weighted by Gasteiger charge is -2.27. The Labute approximate surface area is 121 Å². The summed E-state index contributed by atoms with van der Waals surface area (Å²) in [5.74, 6) is -0.840. The van der Waals surface area contributed by atoms with Crippen LogP contribution in [0.3, 0.4) is 0 Å². The molecule has 1 saturated carbocycles. The second kappa shape index (κ2) is 5.89. The first-order valence-corrected chi connectivity index (χ1v) is 7.84. The van der Waals surface area contributed by atoms with Gasteiger partial charge in [0.15, 0.2) is 0 Å². The SMILES string of the molecule is O=C(O)C1CCCC(NCc2nc3ccccc3s2)C1. The molecule has 0 saturated heterocycles. The third kappa shape index (κ3) is 2.99. The maximum Gasteiger partial charge on any atom is 0.306 e. The molecule has 1 aliphatic carbocycles. The molecular formula is C15H18N2O2S. The van der Waals surface area contributed by atoms with Crippen molar-refractivity contribution in [2.24, 2.45) is 5.92 Å². The van der Waals surface area contributed by atoms with Crippen molar-refractivity contribution in [1.29, 1.82) is 0 Å². The molecule has 1 aliphatic rings. The van der Waals surface area contributed by atoms with Gasteiger partial charge in [-0.25, -0.2) is 4.98 Å². The lowest BCUT2D eigenvalue weighted by Crippen LogP contribution is -2.36. The van der Waals surface area contributed by atoms with Crippen LogP contribution in [-0.2, 0) is 11.3 Å². The molecule has 1 heterocycles. The number of aliphatic carboxylic acids is 1. The Morgan fingerprint density at radius 2 is 2.25 bits per heavy atom. The standard InChI is InChI=1S/C15H18N2O2S/c18-15(19)10-4-3-5-11(8-10)16-9-14-17-12-6-1-2-7-13(12)20-14/h1-2,6-7,10-11,16H,3-5,8-9H2,(H,18,19). The van der Waals surface area contributed by atoms with Crippen molar-refractivity contribution in [1.82, 2.24) is 10.3 Å². The summed E-state index contributed by atoms with van der Waals surface area (Å²) in [6, 6.07) is 8.43. The number of hydrogen-bond donors (Lipinski definition) is 2. The van der Waals surface area contributed by atoms with Gasteiger partial charge in [-0.3, -0.25) is 4.79 Å². The molecule has 2 atom stereocenters. The van der Waals surface area contributed by atoms with Gasteiger partial charge in [0.25, 0.3) is 0 Å². The van der Waals surface area contributed by atoms with E-state index in [0.29, 0.717) is 6.04 Å². The monoisotopic (exact) mass is 290 g/mol. The van der Waals surface area contributed by atoms with Crippen LogP contribution in [0.15, 0.2) is 24.3 Å². The zero-order valence-electron chi connectivity index (χ0n) is 11.2. The van der Waals surface area contributed by atoms with E-state index in [9.17, 15) is 4.79 Å². The molecule has 20 heavy (non-hydrogen) atoms. The van der Waals surface area contributed by atoms with E-state index in [2.05, 4.69) is 16.4 Å². The number of carboxylic acids is 1. The largest absolute Gasteiger partial charge is 0.481 e. The predicted octanol–water partition coefficient (Wildman–Crippen LogP) is 3.03. The lowest BCUT2D eigenvalue weighted by atomic mass is 9.86. The average molecular weight is 290 g/mol. The summed E-state index contributed by atoms with van der Waals surface area (Å²) in [4.78, 5) is 15.6. The highest BCUT2D eigenvalue weighted by Crippen LogP contribution is 2.26. The fourth-order valence-electron chi connectivity index (χ4n) is 2.83. The number of benzene rings is 1. The van der Waals surface area contributed by atoms with Gasteiger partial charge in [-0.2, -0.15) is 0 Å². The van der Waals surface area contributed by atoms with E-state index >= 15 is 0 Å². The Morgan fingerprint density at radius 3 is 3.05 bits per heavy atom. The minimum Gasteiger partial charge on any atom is -0.481 e. The number of carboxylic acid groups (broad SMARTS) is 1. The quantitative estimate of drug-likeness (QED) is 0.908. The fraction of sp³-hybridized carbons (Fsp3) is 0.467. The van der Waals surface area contributed by atoms with E-state index in [1.54, 1.807) is 11.3 Å². The average Bonchev–Trinajstić information content (AvgIpc) is 2.88. The van der Waals surface area contributed by atoms with Gasteiger partial charge in [-0.15, -0.1) is 11.3 Å². The molecule has 5 heteroatoms. The minimum absolute atomic E-state index is 0.184. The summed E-state index contributed by atoms with van der Waals surface area (Å²) >= 11 is 1.70. The van der Waals surface area contributed by atoms with Crippen molar-refractivity contribution in [3.63, 3.8) is 0 Å². The Bertz CT molecular complexity index is 578. The van der Waals surface area contributed by atoms with Crippen LogP contribution in [0.25, 0.3) is 10.2 Å². The summed E-state index contributed by atoms with van der Waals surface area (Å²) in [6.07, 6.45) is 3.61. The first-order valence-electron chi connectivity index (χ1n) is 7.03. The molecule has 1 fully saturated rings. The lowest BCUT2D eigenvalue weighted by molar-refractivity contribution is -0.143. The highest BCUT2D eigenvalue weighted by Gasteiger charge is 2.26. The molecule has 0 radical (unpaired) electrons. The van der Waals surface area contributed by atoms with E-state index in [1.165, 1.54) is 4.70 Å². The molecule has 0 aliphatic heterocycles. The van der Waals surface area contributed by atoms with Gasteiger partial charge in [0, 0.05) is 12.6 Å². The summed E-state index contributed by atoms with van der Waals surface area (Å²) < 4.78 is 1.20. The molecule has 2 unspecified atom stereocenters. The number of carbonyl (C=O) groups is 1. The second-order valence-corrected chi connectivity index (χ2v) is 6.47. The number of fused-ring (bicyclic) bond motifs is 1. The van der Waals surface area contributed by atoms with E-state index in [-0.39, 0.29) is 5.92 Å². The van der Waals surface area contributed by atoms with E-state index in [4.69, 9.17) is 5.11 Å². The van der Waals surface area contributed by atoms with Crippen molar-refractivity contribution >= 4 is 27.5 Å². The summed E-state index contributed by atoms with van der Waals surface area (Å²) in [6.45, 7) is 0.732. The van der Waals surface area contributed by atoms with Crippen LogP contribution in [0.1, 0.15) is 30.7 Å². The third-order valence-electron chi connectivity index (χ3n) is 3.90. The molecule has 4 nitrogen and oxygen atoms in total. The minimum atomic E-state index is -0.656. The fourth-order valence-corrected chi connectivity index (χ4v) is 3.74. The van der Waals surface area contributed by atoms with Crippen LogP contribution in [0.2, 0.25) is 0 Å². The number of nitrogens with zero attached hydrogens (tertiary/aromatic N) is 1. The molecule has 0 bridgehead atoms. The zero-order valence-corrected chi connectivity index (χ0v) is 12.0. The van der Waals surface area contributed by atoms with E-state index in [0.717, 1.165) is 42.8 Å². The molecule has 2 aromatic rings. The maximum absolute atomic E-state index is 11.1. The van der Waals surface area contributed by atoms with Crippen molar-refractivity contribution in [3.8, 4) is 0 Å².